The number of rotatable bonds is 5. The molecule has 0 spiro atoms. The minimum absolute atomic E-state index is 0. The van der Waals surface area contributed by atoms with E-state index in [0.29, 0.717) is 13.2 Å². The molecule has 5 heteroatoms. The molecule has 0 aliphatic heterocycles. The van der Waals surface area contributed by atoms with Gasteiger partial charge in [-0.15, -0.1) is 0 Å². The molecule has 0 saturated heterocycles. The van der Waals surface area contributed by atoms with E-state index in [2.05, 4.69) is 15.9 Å². The molecule has 79 valence electrons. The van der Waals surface area contributed by atoms with Gasteiger partial charge >= 0.3 is 0 Å². The van der Waals surface area contributed by atoms with Gasteiger partial charge in [0.1, 0.15) is 12.4 Å². The number of aliphatic hydroxyl groups is 1. The number of halogens is 1. The SMILES string of the molecule is COCCOc1cc(Br)cc(CO)c1.[Na]. The van der Waals surface area contributed by atoms with Gasteiger partial charge in [0.05, 0.1) is 13.2 Å². The molecule has 0 aliphatic rings. The summed E-state index contributed by atoms with van der Waals surface area (Å²) in [5, 5.41) is 8.96. The van der Waals surface area contributed by atoms with Crippen LogP contribution in [0.1, 0.15) is 5.56 Å². The van der Waals surface area contributed by atoms with Crippen LogP contribution in [0.3, 0.4) is 0 Å². The van der Waals surface area contributed by atoms with E-state index in [1.54, 1.807) is 13.2 Å². The molecule has 0 saturated carbocycles. The summed E-state index contributed by atoms with van der Waals surface area (Å²) in [7, 11) is 1.63. The Kier molecular flexibility index (Phi) is 8.80. The molecule has 1 aromatic carbocycles. The largest absolute Gasteiger partial charge is 0.491 e. The van der Waals surface area contributed by atoms with Gasteiger partial charge in [0, 0.05) is 41.1 Å². The standard InChI is InChI=1S/C10H13BrO3.Na/c1-13-2-3-14-10-5-8(7-12)4-9(11)6-10;/h4-6,12H,2-3,7H2,1H3;. The average Bonchev–Trinajstić information content (AvgIpc) is 2.17. The molecule has 1 radical (unpaired) electrons. The Morgan fingerprint density at radius 2 is 2.00 bits per heavy atom. The fraction of sp³-hybridized carbons (Fsp3) is 0.400. The van der Waals surface area contributed by atoms with Crippen LogP contribution in [-0.4, -0.2) is 55.0 Å². The first-order valence-electron chi connectivity index (χ1n) is 4.28. The van der Waals surface area contributed by atoms with E-state index in [4.69, 9.17) is 14.6 Å². The molecule has 0 unspecified atom stereocenters. The zero-order valence-electron chi connectivity index (χ0n) is 9.00. The third kappa shape index (κ3) is 5.90. The Bertz CT molecular complexity index is 294. The fourth-order valence-electron chi connectivity index (χ4n) is 1.04. The molecule has 0 atom stereocenters. The van der Waals surface area contributed by atoms with Gasteiger partial charge in [0.15, 0.2) is 0 Å². The number of ether oxygens (including phenoxy) is 2. The van der Waals surface area contributed by atoms with E-state index in [9.17, 15) is 0 Å². The molecule has 0 heterocycles. The zero-order chi connectivity index (χ0) is 10.4. The number of aliphatic hydroxyl groups excluding tert-OH is 1. The first-order chi connectivity index (χ1) is 6.76. The molecule has 0 bridgehead atoms. The van der Waals surface area contributed by atoms with Gasteiger partial charge in [0.2, 0.25) is 0 Å². The third-order valence-corrected chi connectivity index (χ3v) is 2.13. The van der Waals surface area contributed by atoms with Crippen molar-refractivity contribution in [3.63, 3.8) is 0 Å². The van der Waals surface area contributed by atoms with E-state index in [-0.39, 0.29) is 36.2 Å². The van der Waals surface area contributed by atoms with Gasteiger partial charge in [-0.3, -0.25) is 0 Å². The Labute approximate surface area is 120 Å². The summed E-state index contributed by atoms with van der Waals surface area (Å²) >= 11 is 3.34. The van der Waals surface area contributed by atoms with Crippen LogP contribution in [0.4, 0.5) is 0 Å². The van der Waals surface area contributed by atoms with Crippen molar-refractivity contribution in [1.82, 2.24) is 0 Å². The quantitative estimate of drug-likeness (QED) is 0.659. The van der Waals surface area contributed by atoms with Gasteiger partial charge < -0.3 is 14.6 Å². The first kappa shape index (κ1) is 15.4. The zero-order valence-corrected chi connectivity index (χ0v) is 12.6. The summed E-state index contributed by atoms with van der Waals surface area (Å²) in [5.41, 5.74) is 0.826. The van der Waals surface area contributed by atoms with Crippen LogP contribution in [0.25, 0.3) is 0 Å². The summed E-state index contributed by atoms with van der Waals surface area (Å²) < 4.78 is 11.2. The van der Waals surface area contributed by atoms with Crippen molar-refractivity contribution in [2.75, 3.05) is 20.3 Å². The van der Waals surface area contributed by atoms with Crippen LogP contribution < -0.4 is 4.74 Å². The number of methoxy groups -OCH3 is 1. The Morgan fingerprint density at radius 1 is 1.27 bits per heavy atom. The molecule has 0 aliphatic carbocycles. The van der Waals surface area contributed by atoms with Gasteiger partial charge in [-0.05, 0) is 23.8 Å². The second-order valence-corrected chi connectivity index (χ2v) is 3.71. The Balaban J connectivity index is 0.00000196. The maximum absolute atomic E-state index is 8.96. The van der Waals surface area contributed by atoms with Crippen LogP contribution in [0.2, 0.25) is 0 Å². The molecule has 0 amide bonds. The Hall–Kier alpha value is 0.420. The summed E-state index contributed by atoms with van der Waals surface area (Å²) in [6.07, 6.45) is 0. The second kappa shape index (κ2) is 8.56. The van der Waals surface area contributed by atoms with Crippen LogP contribution >= 0.6 is 15.9 Å². The number of hydrogen-bond acceptors (Lipinski definition) is 3. The molecule has 0 aromatic heterocycles. The summed E-state index contributed by atoms with van der Waals surface area (Å²) in [6.45, 7) is 1.08. The van der Waals surface area contributed by atoms with E-state index >= 15 is 0 Å². The summed E-state index contributed by atoms with van der Waals surface area (Å²) in [5.74, 6) is 0.737. The Morgan fingerprint density at radius 3 is 2.60 bits per heavy atom. The maximum Gasteiger partial charge on any atom is 0.120 e. The van der Waals surface area contributed by atoms with Crippen molar-refractivity contribution < 1.29 is 14.6 Å². The number of hydrogen-bond donors (Lipinski definition) is 1. The fourth-order valence-corrected chi connectivity index (χ4v) is 1.56. The maximum atomic E-state index is 8.96. The molecule has 0 fully saturated rings. The van der Waals surface area contributed by atoms with Crippen molar-refractivity contribution in [3.05, 3.63) is 28.2 Å². The predicted octanol–water partition coefficient (Wildman–Crippen LogP) is 1.59. The molecule has 1 N–H and O–H groups in total. The van der Waals surface area contributed by atoms with Crippen LogP contribution in [0.15, 0.2) is 22.7 Å². The predicted molar refractivity (Wildman–Crippen MR) is 63.2 cm³/mol. The third-order valence-electron chi connectivity index (χ3n) is 1.67. The van der Waals surface area contributed by atoms with E-state index in [1.165, 1.54) is 0 Å². The van der Waals surface area contributed by atoms with E-state index < -0.39 is 0 Å². The minimum atomic E-state index is 0. The average molecular weight is 284 g/mol. The molecular formula is C10H13BrNaO3. The molecule has 1 rings (SSSR count). The van der Waals surface area contributed by atoms with Crippen molar-refractivity contribution in [3.8, 4) is 5.75 Å². The van der Waals surface area contributed by atoms with Crippen molar-refractivity contribution in [2.45, 2.75) is 6.61 Å². The number of benzene rings is 1. The normalized spacial score (nSPS) is 9.53. The van der Waals surface area contributed by atoms with Gasteiger partial charge in [-0.2, -0.15) is 0 Å². The van der Waals surface area contributed by atoms with Crippen LogP contribution in [0, 0.1) is 0 Å². The van der Waals surface area contributed by atoms with Crippen LogP contribution in [0.5, 0.6) is 5.75 Å². The van der Waals surface area contributed by atoms with Crippen molar-refractivity contribution in [1.29, 1.82) is 0 Å². The van der Waals surface area contributed by atoms with Crippen molar-refractivity contribution in [2.24, 2.45) is 0 Å². The molecule has 1 aromatic rings. The smallest absolute Gasteiger partial charge is 0.120 e. The molecule has 15 heavy (non-hydrogen) atoms. The van der Waals surface area contributed by atoms with E-state index in [1.807, 2.05) is 12.1 Å². The molecular weight excluding hydrogens is 271 g/mol. The molecule has 3 nitrogen and oxygen atoms in total. The first-order valence-corrected chi connectivity index (χ1v) is 5.07. The summed E-state index contributed by atoms with van der Waals surface area (Å²) in [4.78, 5) is 0. The van der Waals surface area contributed by atoms with Gasteiger partial charge in [0.25, 0.3) is 0 Å². The van der Waals surface area contributed by atoms with Crippen molar-refractivity contribution >= 4 is 45.5 Å². The van der Waals surface area contributed by atoms with E-state index in [0.717, 1.165) is 15.8 Å². The van der Waals surface area contributed by atoms with Gasteiger partial charge in [-0.1, -0.05) is 15.9 Å². The summed E-state index contributed by atoms with van der Waals surface area (Å²) in [6, 6.07) is 5.51. The minimum Gasteiger partial charge on any atom is -0.491 e. The van der Waals surface area contributed by atoms with Gasteiger partial charge in [-0.25, -0.2) is 0 Å². The van der Waals surface area contributed by atoms with Crippen LogP contribution in [-0.2, 0) is 11.3 Å². The second-order valence-electron chi connectivity index (χ2n) is 2.79. The monoisotopic (exact) mass is 283 g/mol. The topological polar surface area (TPSA) is 38.7 Å².